The fourth-order valence-corrected chi connectivity index (χ4v) is 0.428. The third kappa shape index (κ3) is 30.2. The van der Waals surface area contributed by atoms with E-state index in [9.17, 15) is 0 Å². The molecule has 0 spiro atoms. The summed E-state index contributed by atoms with van der Waals surface area (Å²) in [7, 11) is 11.2. The lowest BCUT2D eigenvalue weighted by molar-refractivity contribution is 0.311. The summed E-state index contributed by atoms with van der Waals surface area (Å²) in [5, 5.41) is 9.17. The van der Waals surface area contributed by atoms with E-state index in [2.05, 4.69) is 10.5 Å². The molecule has 0 saturated carbocycles. The van der Waals surface area contributed by atoms with Crippen molar-refractivity contribution in [3.63, 3.8) is 0 Å². The van der Waals surface area contributed by atoms with Gasteiger partial charge in [0.15, 0.2) is 0 Å². The Balaban J connectivity index is 0. The quantitative estimate of drug-likeness (QED) is 0.350. The van der Waals surface area contributed by atoms with Crippen molar-refractivity contribution in [1.82, 2.24) is 20.5 Å². The lowest BCUT2D eigenvalue weighted by Crippen LogP contribution is -2.31. The number of rotatable bonds is 4. The van der Waals surface area contributed by atoms with Gasteiger partial charge >= 0.3 is 0 Å². The Morgan fingerprint density at radius 3 is 1.86 bits per heavy atom. The number of hydrazone groups is 1. The lowest BCUT2D eigenvalue weighted by Gasteiger charge is -2.09. The highest BCUT2D eigenvalue weighted by molar-refractivity contribution is 5.58. The molecule has 0 fully saturated rings. The number of hydrazine groups is 2. The van der Waals surface area contributed by atoms with Crippen LogP contribution in [0.1, 0.15) is 0 Å². The average Bonchev–Trinajstić information content (AvgIpc) is 1.96. The van der Waals surface area contributed by atoms with Gasteiger partial charge in [-0.1, -0.05) is 0 Å². The van der Waals surface area contributed by atoms with Crippen LogP contribution in [0.25, 0.3) is 0 Å². The molecule has 0 aromatic heterocycles. The molecule has 6 heteroatoms. The topological polar surface area (TPSA) is 60.1 Å². The number of nitrogens with zero attached hydrogens (tertiary/aromatic N) is 4. The van der Waals surface area contributed by atoms with Crippen LogP contribution in [0.5, 0.6) is 0 Å². The predicted molar refractivity (Wildman–Crippen MR) is 61.7 cm³/mol. The summed E-state index contributed by atoms with van der Waals surface area (Å²) in [6, 6.07) is 0. The molecular formula is C8H24N6. The van der Waals surface area contributed by atoms with Crippen molar-refractivity contribution in [2.75, 3.05) is 48.8 Å². The van der Waals surface area contributed by atoms with Gasteiger partial charge in [0, 0.05) is 55.0 Å². The Hall–Kier alpha value is -0.690. The molecule has 0 atom stereocenters. The Kier molecular flexibility index (Phi) is 11.7. The van der Waals surface area contributed by atoms with E-state index < -0.39 is 0 Å². The number of nitrogens with two attached hydrogens (primary N) is 1. The molecule has 0 aliphatic rings. The molecule has 0 saturated heterocycles. The third-order valence-corrected chi connectivity index (χ3v) is 0.811. The van der Waals surface area contributed by atoms with Crippen LogP contribution in [0.4, 0.5) is 0 Å². The predicted octanol–water partition coefficient (Wildman–Crippen LogP) is -0.978. The fraction of sp³-hybridized carbons (Fsp3) is 0.875. The van der Waals surface area contributed by atoms with Crippen LogP contribution in [-0.4, -0.2) is 70.1 Å². The van der Waals surface area contributed by atoms with E-state index >= 15 is 0 Å². The van der Waals surface area contributed by atoms with E-state index in [-0.39, 0.29) is 0 Å². The zero-order chi connectivity index (χ0) is 11.6. The second kappa shape index (κ2) is 10.4. The SMILES string of the molecule is CN(C)/N=C/CNN(C)C.CN(C)N. The van der Waals surface area contributed by atoms with E-state index in [1.165, 1.54) is 5.01 Å². The van der Waals surface area contributed by atoms with Gasteiger partial charge in [0.1, 0.15) is 0 Å². The van der Waals surface area contributed by atoms with Gasteiger partial charge in [-0.3, -0.25) is 21.3 Å². The first-order chi connectivity index (χ1) is 6.36. The maximum absolute atomic E-state index is 4.94. The van der Waals surface area contributed by atoms with Crippen molar-refractivity contribution in [1.29, 1.82) is 0 Å². The summed E-state index contributed by atoms with van der Waals surface area (Å²) < 4.78 is 0. The van der Waals surface area contributed by atoms with Gasteiger partial charge in [-0.25, -0.2) is 0 Å². The molecule has 0 bridgehead atoms. The third-order valence-electron chi connectivity index (χ3n) is 0.811. The Bertz CT molecular complexity index is 129. The molecule has 0 aromatic rings. The summed E-state index contributed by atoms with van der Waals surface area (Å²) >= 11 is 0. The molecule has 0 aliphatic carbocycles. The number of nitrogens with one attached hydrogen (secondary N) is 1. The van der Waals surface area contributed by atoms with E-state index in [1.54, 1.807) is 19.1 Å². The van der Waals surface area contributed by atoms with E-state index in [0.717, 1.165) is 6.54 Å². The monoisotopic (exact) mass is 204 g/mol. The molecule has 6 nitrogen and oxygen atoms in total. The van der Waals surface area contributed by atoms with Crippen molar-refractivity contribution in [3.8, 4) is 0 Å². The van der Waals surface area contributed by atoms with Crippen molar-refractivity contribution >= 4 is 6.21 Å². The van der Waals surface area contributed by atoms with Crippen LogP contribution in [-0.2, 0) is 0 Å². The highest BCUT2D eigenvalue weighted by atomic mass is 15.5. The van der Waals surface area contributed by atoms with Crippen LogP contribution in [0.3, 0.4) is 0 Å². The van der Waals surface area contributed by atoms with Gasteiger partial charge in [-0.2, -0.15) is 5.10 Å². The minimum atomic E-state index is 0.769. The lowest BCUT2D eigenvalue weighted by atomic mass is 10.7. The van der Waals surface area contributed by atoms with Crippen molar-refractivity contribution < 1.29 is 0 Å². The van der Waals surface area contributed by atoms with Crippen molar-refractivity contribution in [3.05, 3.63) is 0 Å². The standard InChI is InChI=1S/C6H16N4.C2H8N2/c1-9(2)7-5-6-8-10(3)4;1-4(2)3/h5,8H,6H2,1-4H3;3H2,1-2H3/b7-5+;. The summed E-state index contributed by atoms with van der Waals surface area (Å²) in [6.07, 6.45) is 1.82. The molecule has 0 unspecified atom stereocenters. The molecule has 0 radical (unpaired) electrons. The minimum Gasteiger partial charge on any atom is -0.303 e. The second-order valence-corrected chi connectivity index (χ2v) is 3.37. The van der Waals surface area contributed by atoms with Gasteiger partial charge in [-0.15, -0.1) is 0 Å². The van der Waals surface area contributed by atoms with Gasteiger partial charge in [0.2, 0.25) is 0 Å². The molecule has 0 rings (SSSR count). The summed E-state index contributed by atoms with van der Waals surface area (Å²) in [6.45, 7) is 0.769. The first-order valence-electron chi connectivity index (χ1n) is 4.39. The van der Waals surface area contributed by atoms with Crippen LogP contribution in [0.2, 0.25) is 0 Å². The molecular weight excluding hydrogens is 180 g/mol. The Morgan fingerprint density at radius 1 is 1.14 bits per heavy atom. The average molecular weight is 204 g/mol. The Morgan fingerprint density at radius 2 is 1.57 bits per heavy atom. The number of hydrogen-bond donors (Lipinski definition) is 2. The summed E-state index contributed by atoms with van der Waals surface area (Å²) in [5.74, 6) is 4.94. The molecule has 3 N–H and O–H groups in total. The molecule has 0 aromatic carbocycles. The van der Waals surface area contributed by atoms with E-state index in [4.69, 9.17) is 5.84 Å². The maximum atomic E-state index is 4.94. The first-order valence-corrected chi connectivity index (χ1v) is 4.39. The van der Waals surface area contributed by atoms with Crippen LogP contribution < -0.4 is 11.3 Å². The van der Waals surface area contributed by atoms with Gasteiger partial charge in [0.25, 0.3) is 0 Å². The van der Waals surface area contributed by atoms with Crippen molar-refractivity contribution in [2.45, 2.75) is 0 Å². The fourth-order valence-electron chi connectivity index (χ4n) is 0.428. The largest absolute Gasteiger partial charge is 0.303 e. The second-order valence-electron chi connectivity index (χ2n) is 3.37. The minimum absolute atomic E-state index is 0.769. The van der Waals surface area contributed by atoms with Crippen LogP contribution in [0, 0.1) is 0 Å². The highest BCUT2D eigenvalue weighted by Crippen LogP contribution is 1.69. The molecule has 0 aliphatic heterocycles. The van der Waals surface area contributed by atoms with Gasteiger partial charge in [-0.05, 0) is 0 Å². The summed E-state index contributed by atoms with van der Waals surface area (Å²) in [5.41, 5.74) is 3.06. The smallest absolute Gasteiger partial charge is 0.0474 e. The van der Waals surface area contributed by atoms with Gasteiger partial charge < -0.3 is 5.01 Å². The maximum Gasteiger partial charge on any atom is 0.0474 e. The molecule has 0 amide bonds. The van der Waals surface area contributed by atoms with Crippen LogP contribution in [0.15, 0.2) is 5.10 Å². The van der Waals surface area contributed by atoms with Crippen molar-refractivity contribution in [2.24, 2.45) is 10.9 Å². The summed E-state index contributed by atoms with van der Waals surface area (Å²) in [4.78, 5) is 0. The normalized spacial score (nSPS) is 10.6. The van der Waals surface area contributed by atoms with E-state index in [0.29, 0.717) is 0 Å². The molecule has 14 heavy (non-hydrogen) atoms. The zero-order valence-corrected chi connectivity index (χ0v) is 10.2. The number of hydrogen-bond acceptors (Lipinski definition) is 6. The first kappa shape index (κ1) is 15.8. The zero-order valence-electron chi connectivity index (χ0n) is 10.2. The van der Waals surface area contributed by atoms with Gasteiger partial charge in [0.05, 0.1) is 0 Å². The Labute approximate surface area is 87.3 Å². The molecule has 0 heterocycles. The highest BCUT2D eigenvalue weighted by Gasteiger charge is 1.82. The van der Waals surface area contributed by atoms with Crippen LogP contribution >= 0.6 is 0 Å². The van der Waals surface area contributed by atoms with E-state index in [1.807, 2.05) is 39.4 Å². The molecule has 86 valence electrons.